The van der Waals surface area contributed by atoms with Crippen molar-refractivity contribution < 1.29 is 8.78 Å². The van der Waals surface area contributed by atoms with Gasteiger partial charge in [0, 0.05) is 6.42 Å². The molecular formula is C6H10F2N4. The van der Waals surface area contributed by atoms with Gasteiger partial charge in [0.25, 0.3) is 5.92 Å². The molecule has 0 bridgehead atoms. The molecule has 0 aliphatic carbocycles. The van der Waals surface area contributed by atoms with Gasteiger partial charge in [-0.05, 0) is 0 Å². The first-order chi connectivity index (χ1) is 5.53. The number of rotatable bonds is 3. The third-order valence-corrected chi connectivity index (χ3v) is 1.46. The van der Waals surface area contributed by atoms with Crippen LogP contribution < -0.4 is 5.73 Å². The molecule has 1 aromatic heterocycles. The second-order valence-corrected chi connectivity index (χ2v) is 2.51. The summed E-state index contributed by atoms with van der Waals surface area (Å²) >= 11 is 0. The Morgan fingerprint density at radius 3 is 2.75 bits per heavy atom. The minimum Gasteiger partial charge on any atom is -0.367 e. The van der Waals surface area contributed by atoms with E-state index in [1.807, 2.05) is 0 Å². The van der Waals surface area contributed by atoms with Gasteiger partial charge in [-0.25, -0.2) is 18.4 Å². The van der Waals surface area contributed by atoms with Crippen LogP contribution in [0.25, 0.3) is 0 Å². The highest BCUT2D eigenvalue weighted by atomic mass is 19.3. The number of hydrogen-bond donors (Lipinski definition) is 1. The fourth-order valence-corrected chi connectivity index (χ4v) is 0.734. The Morgan fingerprint density at radius 2 is 2.33 bits per heavy atom. The molecule has 0 unspecified atom stereocenters. The van der Waals surface area contributed by atoms with E-state index in [1.54, 1.807) is 0 Å². The Bertz CT molecular complexity index is 258. The largest absolute Gasteiger partial charge is 0.367 e. The average Bonchev–Trinajstić information content (AvgIpc) is 2.35. The molecule has 0 spiro atoms. The monoisotopic (exact) mass is 176 g/mol. The van der Waals surface area contributed by atoms with Crippen LogP contribution in [0.2, 0.25) is 0 Å². The van der Waals surface area contributed by atoms with Gasteiger partial charge in [-0.15, -0.1) is 5.10 Å². The number of nitrogens with two attached hydrogens (primary N) is 1. The summed E-state index contributed by atoms with van der Waals surface area (Å²) in [6.07, 6.45) is 0.978. The standard InChI is InChI=1S/C6H10F2N4/c1-2-6(7,8)3-12-4-10-5(9)11-12/h4H,2-3H2,1H3,(H2,9,11). The van der Waals surface area contributed by atoms with Crippen LogP contribution in [0.15, 0.2) is 6.33 Å². The molecule has 12 heavy (non-hydrogen) atoms. The summed E-state index contributed by atoms with van der Waals surface area (Å²) < 4.78 is 26.5. The Morgan fingerprint density at radius 1 is 1.67 bits per heavy atom. The minimum atomic E-state index is -2.74. The van der Waals surface area contributed by atoms with Gasteiger partial charge in [0.05, 0.1) is 0 Å². The van der Waals surface area contributed by atoms with Crippen LogP contribution in [-0.2, 0) is 6.54 Å². The molecule has 0 saturated carbocycles. The number of nitrogens with zero attached hydrogens (tertiary/aromatic N) is 3. The Balaban J connectivity index is 2.63. The van der Waals surface area contributed by atoms with Crippen LogP contribution >= 0.6 is 0 Å². The molecule has 68 valence electrons. The number of alkyl halides is 2. The zero-order valence-electron chi connectivity index (χ0n) is 6.67. The number of anilines is 1. The van der Waals surface area contributed by atoms with E-state index in [9.17, 15) is 8.78 Å². The van der Waals surface area contributed by atoms with Crippen molar-refractivity contribution in [1.29, 1.82) is 0 Å². The van der Waals surface area contributed by atoms with Gasteiger partial charge in [0.2, 0.25) is 5.95 Å². The first kappa shape index (κ1) is 8.89. The number of hydrogen-bond acceptors (Lipinski definition) is 3. The molecule has 0 atom stereocenters. The van der Waals surface area contributed by atoms with Crippen LogP contribution in [0, 0.1) is 0 Å². The zero-order valence-corrected chi connectivity index (χ0v) is 6.67. The van der Waals surface area contributed by atoms with Gasteiger partial charge >= 0.3 is 0 Å². The van der Waals surface area contributed by atoms with Crippen molar-refractivity contribution >= 4 is 5.95 Å². The Labute approximate surface area is 68.4 Å². The lowest BCUT2D eigenvalue weighted by molar-refractivity contribution is -0.0229. The zero-order chi connectivity index (χ0) is 9.19. The summed E-state index contributed by atoms with van der Waals surface area (Å²) in [5, 5.41) is 3.55. The molecule has 1 heterocycles. The fraction of sp³-hybridized carbons (Fsp3) is 0.667. The van der Waals surface area contributed by atoms with E-state index in [4.69, 9.17) is 5.73 Å². The van der Waals surface area contributed by atoms with Crippen LogP contribution in [0.1, 0.15) is 13.3 Å². The van der Waals surface area contributed by atoms with Crippen molar-refractivity contribution in [2.45, 2.75) is 25.8 Å². The van der Waals surface area contributed by atoms with Crippen molar-refractivity contribution in [3.8, 4) is 0 Å². The van der Waals surface area contributed by atoms with Gasteiger partial charge in [0.15, 0.2) is 0 Å². The molecule has 6 heteroatoms. The number of halogens is 2. The predicted molar refractivity (Wildman–Crippen MR) is 39.7 cm³/mol. The lowest BCUT2D eigenvalue weighted by Crippen LogP contribution is -2.22. The molecule has 4 nitrogen and oxygen atoms in total. The highest BCUT2D eigenvalue weighted by Gasteiger charge is 2.27. The summed E-state index contributed by atoms with van der Waals surface area (Å²) in [7, 11) is 0. The quantitative estimate of drug-likeness (QED) is 0.744. The molecule has 1 rings (SSSR count). The molecule has 2 N–H and O–H groups in total. The smallest absolute Gasteiger partial charge is 0.267 e. The first-order valence-corrected chi connectivity index (χ1v) is 3.56. The molecule has 0 saturated heterocycles. The second-order valence-electron chi connectivity index (χ2n) is 2.51. The van der Waals surface area contributed by atoms with E-state index in [0.717, 1.165) is 4.68 Å². The third kappa shape index (κ3) is 2.14. The van der Waals surface area contributed by atoms with Crippen molar-refractivity contribution in [2.75, 3.05) is 5.73 Å². The number of aromatic nitrogens is 3. The van der Waals surface area contributed by atoms with Crippen LogP contribution in [0.3, 0.4) is 0 Å². The second kappa shape index (κ2) is 3.04. The van der Waals surface area contributed by atoms with Crippen LogP contribution in [0.4, 0.5) is 14.7 Å². The van der Waals surface area contributed by atoms with E-state index in [1.165, 1.54) is 13.3 Å². The molecule has 1 aromatic rings. The highest BCUT2D eigenvalue weighted by Crippen LogP contribution is 2.19. The summed E-state index contributed by atoms with van der Waals surface area (Å²) in [4.78, 5) is 3.53. The minimum absolute atomic E-state index is 0.0157. The van der Waals surface area contributed by atoms with Gasteiger partial charge in [-0.2, -0.15) is 0 Å². The molecule has 0 aromatic carbocycles. The predicted octanol–water partition coefficient (Wildman–Crippen LogP) is 0.906. The average molecular weight is 176 g/mol. The van der Waals surface area contributed by atoms with Gasteiger partial charge in [-0.3, -0.25) is 0 Å². The molecule has 0 aliphatic rings. The maximum atomic E-state index is 12.7. The fourth-order valence-electron chi connectivity index (χ4n) is 0.734. The van der Waals surface area contributed by atoms with Crippen molar-refractivity contribution in [3.63, 3.8) is 0 Å². The SMILES string of the molecule is CCC(F)(F)Cn1cnc(N)n1. The van der Waals surface area contributed by atoms with Crippen LogP contribution in [0.5, 0.6) is 0 Å². The van der Waals surface area contributed by atoms with E-state index in [-0.39, 0.29) is 12.4 Å². The van der Waals surface area contributed by atoms with E-state index < -0.39 is 12.5 Å². The molecule has 0 amide bonds. The van der Waals surface area contributed by atoms with E-state index >= 15 is 0 Å². The Hall–Kier alpha value is -1.20. The normalized spacial score (nSPS) is 11.9. The van der Waals surface area contributed by atoms with Crippen molar-refractivity contribution in [3.05, 3.63) is 6.33 Å². The maximum absolute atomic E-state index is 12.7. The van der Waals surface area contributed by atoms with Crippen molar-refractivity contribution in [1.82, 2.24) is 14.8 Å². The lowest BCUT2D eigenvalue weighted by atomic mass is 10.3. The first-order valence-electron chi connectivity index (χ1n) is 3.56. The molecule has 0 radical (unpaired) electrons. The maximum Gasteiger partial charge on any atom is 0.267 e. The van der Waals surface area contributed by atoms with Gasteiger partial charge < -0.3 is 5.73 Å². The lowest BCUT2D eigenvalue weighted by Gasteiger charge is -2.12. The van der Waals surface area contributed by atoms with Gasteiger partial charge in [-0.1, -0.05) is 6.92 Å². The molecular weight excluding hydrogens is 166 g/mol. The summed E-state index contributed by atoms with van der Waals surface area (Å²) in [6, 6.07) is 0. The Kier molecular flexibility index (Phi) is 2.25. The number of nitrogen functional groups attached to an aromatic ring is 1. The highest BCUT2D eigenvalue weighted by molar-refractivity contribution is 5.09. The third-order valence-electron chi connectivity index (χ3n) is 1.46. The summed E-state index contributed by atoms with van der Waals surface area (Å²) in [5.41, 5.74) is 5.15. The van der Waals surface area contributed by atoms with E-state index in [2.05, 4.69) is 10.1 Å². The molecule has 0 fully saturated rings. The van der Waals surface area contributed by atoms with Crippen molar-refractivity contribution in [2.24, 2.45) is 0 Å². The van der Waals surface area contributed by atoms with Crippen LogP contribution in [-0.4, -0.2) is 20.7 Å². The van der Waals surface area contributed by atoms with E-state index in [0.29, 0.717) is 0 Å². The summed E-state index contributed by atoms with van der Waals surface area (Å²) in [6.45, 7) is 0.952. The van der Waals surface area contributed by atoms with Gasteiger partial charge in [0.1, 0.15) is 12.9 Å². The topological polar surface area (TPSA) is 56.7 Å². The summed E-state index contributed by atoms with van der Waals surface area (Å²) in [5.74, 6) is -2.72. The molecule has 0 aliphatic heterocycles.